The molecule has 1 aromatic heterocycles. The molecule has 1 unspecified atom stereocenters. The predicted octanol–water partition coefficient (Wildman–Crippen LogP) is 1.60. The summed E-state index contributed by atoms with van der Waals surface area (Å²) in [6, 6.07) is 7.93. The topological polar surface area (TPSA) is 89.0 Å². The molecule has 1 aromatic carbocycles. The molecule has 7 nitrogen and oxygen atoms in total. The van der Waals surface area contributed by atoms with Gasteiger partial charge in [0.1, 0.15) is 5.75 Å². The molecule has 0 bridgehead atoms. The van der Waals surface area contributed by atoms with E-state index < -0.39 is 5.69 Å². The second-order valence-electron chi connectivity index (χ2n) is 6.02. The van der Waals surface area contributed by atoms with E-state index in [1.54, 1.807) is 7.11 Å². The fourth-order valence-corrected chi connectivity index (χ4v) is 2.69. The highest BCUT2D eigenvalue weighted by molar-refractivity contribution is 5.90. The van der Waals surface area contributed by atoms with Crippen LogP contribution in [0.5, 0.6) is 5.75 Å². The Morgan fingerprint density at radius 2 is 2.12 bits per heavy atom. The highest BCUT2D eigenvalue weighted by Gasteiger charge is 2.27. The number of rotatable bonds is 7. The van der Waals surface area contributed by atoms with Crippen LogP contribution in [-0.4, -0.2) is 34.3 Å². The Balaban J connectivity index is 2.05. The number of methoxy groups -OCH3 is 1. The first-order chi connectivity index (χ1) is 11.4. The average molecular weight is 332 g/mol. The van der Waals surface area contributed by atoms with E-state index in [1.165, 1.54) is 7.05 Å². The van der Waals surface area contributed by atoms with E-state index in [-0.39, 0.29) is 17.1 Å². The van der Waals surface area contributed by atoms with Crippen molar-refractivity contribution in [1.29, 1.82) is 0 Å². The van der Waals surface area contributed by atoms with E-state index in [4.69, 9.17) is 4.74 Å². The molecule has 1 atom stereocenters. The molecule has 0 saturated heterocycles. The monoisotopic (exact) mass is 332 g/mol. The van der Waals surface area contributed by atoms with Crippen molar-refractivity contribution >= 4 is 5.91 Å². The van der Waals surface area contributed by atoms with Crippen LogP contribution in [0.25, 0.3) is 0 Å². The summed E-state index contributed by atoms with van der Waals surface area (Å²) in [7, 11) is 3.15. The number of carbonyl (C=O) groups excluding carboxylic acids is 1. The molecule has 24 heavy (non-hydrogen) atoms. The number of benzene rings is 1. The minimum Gasteiger partial charge on any atom is -0.496 e. The zero-order valence-electron chi connectivity index (χ0n) is 14.5. The number of aromatic amines is 1. The molecule has 2 rings (SSSR count). The number of amides is 1. The smallest absolute Gasteiger partial charge is 0.343 e. The summed E-state index contributed by atoms with van der Waals surface area (Å²) >= 11 is 0. The normalized spacial score (nSPS) is 13.3. The van der Waals surface area contributed by atoms with E-state index in [2.05, 4.69) is 35.3 Å². The summed E-state index contributed by atoms with van der Waals surface area (Å²) in [6.45, 7) is 4.74. The van der Waals surface area contributed by atoms with Crippen molar-refractivity contribution in [3.05, 3.63) is 46.1 Å². The maximum absolute atomic E-state index is 12.1. The van der Waals surface area contributed by atoms with Crippen LogP contribution < -0.4 is 15.7 Å². The van der Waals surface area contributed by atoms with Crippen LogP contribution in [0.15, 0.2) is 29.1 Å². The lowest BCUT2D eigenvalue weighted by atomic mass is 9.77. The maximum atomic E-state index is 12.1. The number of nitrogens with zero attached hydrogens (tertiary/aromatic N) is 2. The van der Waals surface area contributed by atoms with E-state index in [9.17, 15) is 9.59 Å². The van der Waals surface area contributed by atoms with Crippen LogP contribution in [0.1, 0.15) is 42.9 Å². The zero-order chi connectivity index (χ0) is 17.7. The van der Waals surface area contributed by atoms with Gasteiger partial charge in [-0.25, -0.2) is 9.48 Å². The van der Waals surface area contributed by atoms with Gasteiger partial charge in [0, 0.05) is 19.2 Å². The first-order valence-corrected chi connectivity index (χ1v) is 7.96. The molecule has 0 aliphatic heterocycles. The lowest BCUT2D eigenvalue weighted by Gasteiger charge is -2.30. The quantitative estimate of drug-likeness (QED) is 0.806. The maximum Gasteiger partial charge on any atom is 0.343 e. The molecule has 0 saturated carbocycles. The highest BCUT2D eigenvalue weighted by Crippen LogP contribution is 2.36. The third-order valence-corrected chi connectivity index (χ3v) is 4.48. The van der Waals surface area contributed by atoms with E-state index >= 15 is 0 Å². The number of aromatic nitrogens is 3. The van der Waals surface area contributed by atoms with Crippen molar-refractivity contribution in [2.75, 3.05) is 13.7 Å². The Labute approximate surface area is 141 Å². The molecular weight excluding hydrogens is 308 g/mol. The molecule has 0 fully saturated rings. The van der Waals surface area contributed by atoms with Gasteiger partial charge in [0.05, 0.1) is 7.11 Å². The summed E-state index contributed by atoms with van der Waals surface area (Å²) < 4.78 is 6.56. The van der Waals surface area contributed by atoms with Crippen LogP contribution in [0.4, 0.5) is 0 Å². The van der Waals surface area contributed by atoms with Crippen molar-refractivity contribution in [1.82, 2.24) is 20.1 Å². The number of nitrogens with one attached hydrogen (secondary N) is 2. The molecule has 0 spiro atoms. The van der Waals surface area contributed by atoms with Gasteiger partial charge in [-0.1, -0.05) is 32.0 Å². The Bertz CT molecular complexity index is 765. The number of para-hydroxylation sites is 1. The van der Waals surface area contributed by atoms with Crippen LogP contribution >= 0.6 is 0 Å². The van der Waals surface area contributed by atoms with Gasteiger partial charge >= 0.3 is 5.69 Å². The Hall–Kier alpha value is -2.57. The molecule has 7 heteroatoms. The Morgan fingerprint density at radius 3 is 2.71 bits per heavy atom. The van der Waals surface area contributed by atoms with Crippen molar-refractivity contribution < 1.29 is 9.53 Å². The molecule has 1 heterocycles. The zero-order valence-corrected chi connectivity index (χ0v) is 14.5. The van der Waals surface area contributed by atoms with Crippen molar-refractivity contribution in [2.45, 2.75) is 32.1 Å². The molecule has 0 aliphatic carbocycles. The molecule has 1 amide bonds. The first-order valence-electron chi connectivity index (χ1n) is 7.96. The lowest BCUT2D eigenvalue weighted by molar-refractivity contribution is 0.0940. The Kier molecular flexibility index (Phi) is 5.43. The van der Waals surface area contributed by atoms with Gasteiger partial charge in [-0.2, -0.15) is 0 Å². The molecule has 0 radical (unpaired) electrons. The van der Waals surface area contributed by atoms with Crippen molar-refractivity contribution in [2.24, 2.45) is 7.05 Å². The minimum absolute atomic E-state index is 0.0259. The SMILES string of the molecule is CCC(C)(CCNC(=O)c1nn(C)c(=O)[nH]1)c1ccccc1OC. The number of hydrogen-bond donors (Lipinski definition) is 2. The minimum atomic E-state index is -0.410. The van der Waals surface area contributed by atoms with Crippen LogP contribution in [-0.2, 0) is 12.5 Å². The largest absolute Gasteiger partial charge is 0.496 e. The number of H-pyrrole nitrogens is 1. The third-order valence-electron chi connectivity index (χ3n) is 4.48. The van der Waals surface area contributed by atoms with Crippen LogP contribution in [0.3, 0.4) is 0 Å². The van der Waals surface area contributed by atoms with E-state index in [0.29, 0.717) is 6.54 Å². The summed E-state index contributed by atoms with van der Waals surface area (Å²) in [5, 5.41) is 6.66. The van der Waals surface area contributed by atoms with Gasteiger partial charge in [-0.3, -0.25) is 9.78 Å². The van der Waals surface area contributed by atoms with Gasteiger partial charge in [0.2, 0.25) is 5.82 Å². The molecular formula is C17H24N4O3. The van der Waals surface area contributed by atoms with Gasteiger partial charge < -0.3 is 10.1 Å². The van der Waals surface area contributed by atoms with Gasteiger partial charge in [0.25, 0.3) is 5.91 Å². The highest BCUT2D eigenvalue weighted by atomic mass is 16.5. The molecule has 0 aliphatic rings. The van der Waals surface area contributed by atoms with Gasteiger partial charge in [-0.15, -0.1) is 5.10 Å². The standard InChI is InChI=1S/C17H24N4O3/c1-5-17(2,12-8-6-7-9-13(12)24-4)10-11-18-15(22)14-19-16(23)21(3)20-14/h6-9H,5,10-11H2,1-4H3,(H,18,22)(H,19,20,23). The fourth-order valence-electron chi connectivity index (χ4n) is 2.69. The number of carbonyl (C=O) groups is 1. The summed E-state index contributed by atoms with van der Waals surface area (Å²) in [4.78, 5) is 25.8. The number of hydrogen-bond acceptors (Lipinski definition) is 4. The Morgan fingerprint density at radius 1 is 1.42 bits per heavy atom. The number of ether oxygens (including phenoxy) is 1. The predicted molar refractivity (Wildman–Crippen MR) is 91.4 cm³/mol. The molecule has 2 N–H and O–H groups in total. The summed E-state index contributed by atoms with van der Waals surface area (Å²) in [5.74, 6) is 0.492. The molecule has 2 aromatic rings. The van der Waals surface area contributed by atoms with Crippen LogP contribution in [0, 0.1) is 0 Å². The van der Waals surface area contributed by atoms with E-state index in [0.717, 1.165) is 28.8 Å². The first kappa shape index (κ1) is 17.8. The fraction of sp³-hybridized carbons (Fsp3) is 0.471. The average Bonchev–Trinajstić information content (AvgIpc) is 2.93. The summed E-state index contributed by atoms with van der Waals surface area (Å²) in [5.41, 5.74) is 0.584. The second kappa shape index (κ2) is 7.33. The van der Waals surface area contributed by atoms with Gasteiger partial charge in [-0.05, 0) is 24.3 Å². The van der Waals surface area contributed by atoms with Gasteiger partial charge in [0.15, 0.2) is 0 Å². The van der Waals surface area contributed by atoms with Crippen molar-refractivity contribution in [3.63, 3.8) is 0 Å². The lowest BCUT2D eigenvalue weighted by Crippen LogP contribution is -2.32. The van der Waals surface area contributed by atoms with Crippen molar-refractivity contribution in [3.8, 4) is 5.75 Å². The second-order valence-corrected chi connectivity index (χ2v) is 6.02. The summed E-state index contributed by atoms with van der Waals surface area (Å²) in [6.07, 6.45) is 1.65. The van der Waals surface area contributed by atoms with E-state index in [1.807, 2.05) is 18.2 Å². The number of aryl methyl sites for hydroxylation is 1. The molecule has 130 valence electrons. The third kappa shape index (κ3) is 3.67. The van der Waals surface area contributed by atoms with Crippen LogP contribution in [0.2, 0.25) is 0 Å².